The van der Waals surface area contributed by atoms with Crippen molar-refractivity contribution in [2.75, 3.05) is 45.2 Å². The number of phosphoric acid groups is 1. The van der Waals surface area contributed by atoms with Crippen LogP contribution in [0.25, 0.3) is 0 Å². The van der Waals surface area contributed by atoms with Crippen molar-refractivity contribution >= 4 is 115 Å². The molecule has 0 fully saturated rings. The van der Waals surface area contributed by atoms with E-state index >= 15 is 0 Å². The largest absolute Gasteiger partial charge is 0.491 e. The molecule has 0 aliphatic carbocycles. The molecule has 0 unspecified atom stereocenters. The van der Waals surface area contributed by atoms with Gasteiger partial charge in [0.15, 0.2) is 0 Å². The van der Waals surface area contributed by atoms with Crippen molar-refractivity contribution in [3.63, 3.8) is 0 Å². The van der Waals surface area contributed by atoms with Crippen molar-refractivity contribution in [3.05, 3.63) is 0 Å². The molecule has 0 rings (SSSR count). The smallest absolute Gasteiger partial charge is 0.285 e. The van der Waals surface area contributed by atoms with E-state index in [0.717, 1.165) is 0 Å². The lowest BCUT2D eigenvalue weighted by atomic mass is 9.98. The van der Waals surface area contributed by atoms with E-state index in [0.29, 0.717) is 32.0 Å². The maximum atomic E-state index is 12.5. The molecule has 0 saturated carbocycles. The van der Waals surface area contributed by atoms with Gasteiger partial charge >= 0.3 is 7.82 Å². The van der Waals surface area contributed by atoms with Crippen LogP contribution >= 0.6 is 115 Å². The first-order valence-corrected chi connectivity index (χ1v) is 14.4. The number of phosphoric ester groups is 1. The van der Waals surface area contributed by atoms with Crippen molar-refractivity contribution in [2.45, 2.75) is 0 Å². The van der Waals surface area contributed by atoms with E-state index in [4.69, 9.17) is 20.9 Å². The summed E-state index contributed by atoms with van der Waals surface area (Å²) < 4.78 is 27.7. The minimum absolute atomic E-state index is 0.155. The Morgan fingerprint density at radius 3 is 1.18 bits per heavy atom. The Labute approximate surface area is 187 Å². The summed E-state index contributed by atoms with van der Waals surface area (Å²) in [4.78, 5) is 0. The lowest BCUT2D eigenvalue weighted by molar-refractivity contribution is 0.102. The van der Waals surface area contributed by atoms with Gasteiger partial charge in [-0.15, -0.1) is 0 Å². The molecule has 0 spiro atoms. The second kappa shape index (κ2) is 12.6. The van der Waals surface area contributed by atoms with Crippen molar-refractivity contribution < 1.29 is 17.7 Å². The normalized spacial score (nSPS) is 13.6. The van der Waals surface area contributed by atoms with Gasteiger partial charge in [0.25, 0.3) is 0 Å². The van der Waals surface area contributed by atoms with Crippen molar-refractivity contribution in [1.82, 2.24) is 0 Å². The van der Waals surface area contributed by atoms with Crippen LogP contribution in [0.5, 0.6) is 0 Å². The molecular formula is C10H16Br6ClO4P. The molecule has 0 bridgehead atoms. The molecule has 0 aromatic carbocycles. The van der Waals surface area contributed by atoms with Crippen molar-refractivity contribution in [2.24, 2.45) is 10.8 Å². The van der Waals surface area contributed by atoms with E-state index in [1.165, 1.54) is 0 Å². The first kappa shape index (κ1) is 25.3. The third-order valence-electron chi connectivity index (χ3n) is 2.84. The van der Waals surface area contributed by atoms with Gasteiger partial charge in [0.1, 0.15) is 0 Å². The van der Waals surface area contributed by atoms with Crippen LogP contribution in [0.15, 0.2) is 0 Å². The zero-order valence-corrected chi connectivity index (χ0v) is 22.5. The molecular weight excluding hydrogens is 730 g/mol. The van der Waals surface area contributed by atoms with Crippen LogP contribution in [0.3, 0.4) is 0 Å². The van der Waals surface area contributed by atoms with Gasteiger partial charge in [0.05, 0.1) is 25.1 Å². The Bertz CT molecular complexity index is 312. The van der Waals surface area contributed by atoms with Gasteiger partial charge in [0, 0.05) is 42.8 Å². The van der Waals surface area contributed by atoms with E-state index in [-0.39, 0.29) is 24.0 Å². The quantitative estimate of drug-likeness (QED) is 0.157. The van der Waals surface area contributed by atoms with E-state index in [1.807, 2.05) is 0 Å². The molecule has 0 aromatic heterocycles. The standard InChI is InChI=1S/C10H16Br6ClO4P/c11-1-9(2-12,3-13)7-19-22(18,21-17)20-8-10(4-14,5-15)6-16/h1-8H2. The van der Waals surface area contributed by atoms with Gasteiger partial charge in [0.2, 0.25) is 0 Å². The van der Waals surface area contributed by atoms with E-state index in [9.17, 15) is 4.57 Å². The fraction of sp³-hybridized carbons (Fsp3) is 1.00. The highest BCUT2D eigenvalue weighted by Gasteiger charge is 2.37. The molecule has 0 radical (unpaired) electrons. The molecule has 0 heterocycles. The molecule has 134 valence electrons. The molecule has 0 N–H and O–H groups in total. The number of halogens is 7. The topological polar surface area (TPSA) is 44.8 Å². The summed E-state index contributed by atoms with van der Waals surface area (Å²) in [6.07, 6.45) is 0. The van der Waals surface area contributed by atoms with Crippen LogP contribution in [0.1, 0.15) is 0 Å². The molecule has 12 heteroatoms. The van der Waals surface area contributed by atoms with Gasteiger partial charge in [-0.1, -0.05) is 95.6 Å². The van der Waals surface area contributed by atoms with Gasteiger partial charge in [-0.25, -0.2) is 4.57 Å². The SMILES string of the molecule is O=P(OCl)(OCC(CBr)(CBr)CBr)OCC(CBr)(CBr)CBr. The zero-order valence-electron chi connectivity index (χ0n) is 11.4. The summed E-state index contributed by atoms with van der Waals surface area (Å²) in [7, 11) is -3.83. The molecule has 0 aromatic rings. The van der Waals surface area contributed by atoms with E-state index in [2.05, 4.69) is 99.7 Å². The van der Waals surface area contributed by atoms with Crippen molar-refractivity contribution in [1.29, 1.82) is 0 Å². The van der Waals surface area contributed by atoms with Crippen molar-refractivity contribution in [3.8, 4) is 0 Å². The molecule has 0 amide bonds. The highest BCUT2D eigenvalue weighted by Crippen LogP contribution is 2.53. The summed E-state index contributed by atoms with van der Waals surface area (Å²) in [5, 5.41) is 3.87. The van der Waals surface area contributed by atoms with E-state index in [1.54, 1.807) is 0 Å². The molecule has 22 heavy (non-hydrogen) atoms. The zero-order chi connectivity index (χ0) is 17.3. The number of hydrogen-bond acceptors (Lipinski definition) is 4. The maximum absolute atomic E-state index is 12.5. The lowest BCUT2D eigenvalue weighted by Gasteiger charge is -2.31. The Morgan fingerprint density at radius 2 is 1.00 bits per heavy atom. The Morgan fingerprint density at radius 1 is 0.727 bits per heavy atom. The predicted molar refractivity (Wildman–Crippen MR) is 114 cm³/mol. The minimum atomic E-state index is -3.83. The summed E-state index contributed by atoms with van der Waals surface area (Å²) in [5.74, 6) is 0. The van der Waals surface area contributed by atoms with Crippen LogP contribution < -0.4 is 0 Å². The van der Waals surface area contributed by atoms with Crippen LogP contribution in [-0.4, -0.2) is 45.2 Å². The number of hydrogen-bond donors (Lipinski definition) is 0. The van der Waals surface area contributed by atoms with Gasteiger partial charge in [-0.3, -0.25) is 9.05 Å². The average Bonchev–Trinajstić information content (AvgIpc) is 2.58. The summed E-state index contributed by atoms with van der Waals surface area (Å²) in [5.41, 5.74) is -0.572. The molecule has 0 aliphatic heterocycles. The minimum Gasteiger partial charge on any atom is -0.285 e. The fourth-order valence-electron chi connectivity index (χ4n) is 0.955. The summed E-state index contributed by atoms with van der Waals surface area (Å²) >= 11 is 25.9. The molecule has 0 aliphatic rings. The third kappa shape index (κ3) is 7.89. The number of alkyl halides is 6. The lowest BCUT2D eigenvalue weighted by Crippen LogP contribution is -2.34. The van der Waals surface area contributed by atoms with Gasteiger partial charge in [-0.2, -0.15) is 4.08 Å². The first-order chi connectivity index (χ1) is 10.3. The molecule has 0 saturated heterocycles. The van der Waals surface area contributed by atoms with Crippen LogP contribution in [0, 0.1) is 10.8 Å². The second-order valence-corrected chi connectivity index (χ2v) is 10.2. The molecule has 4 nitrogen and oxygen atoms in total. The Balaban J connectivity index is 4.82. The van der Waals surface area contributed by atoms with Crippen LogP contribution in [0.2, 0.25) is 0 Å². The fourth-order valence-corrected chi connectivity index (χ4v) is 8.75. The predicted octanol–water partition coefficient (Wildman–Crippen LogP) is 6.64. The van der Waals surface area contributed by atoms with Gasteiger partial charge < -0.3 is 0 Å². The second-order valence-electron chi connectivity index (χ2n) is 4.86. The van der Waals surface area contributed by atoms with Crippen LogP contribution in [0.4, 0.5) is 0 Å². The maximum Gasteiger partial charge on any atom is 0.491 e. The third-order valence-corrected chi connectivity index (χ3v) is 11.5. The van der Waals surface area contributed by atoms with Crippen LogP contribution in [-0.2, 0) is 17.7 Å². The Kier molecular flexibility index (Phi) is 14.5. The first-order valence-electron chi connectivity index (χ1n) is 5.89. The summed E-state index contributed by atoms with van der Waals surface area (Å²) in [6, 6.07) is 0. The molecule has 0 atom stereocenters. The van der Waals surface area contributed by atoms with Gasteiger partial charge in [-0.05, 0) is 0 Å². The van der Waals surface area contributed by atoms with E-state index < -0.39 is 7.82 Å². The highest BCUT2D eigenvalue weighted by molar-refractivity contribution is 9.10. The summed E-state index contributed by atoms with van der Waals surface area (Å²) in [6.45, 7) is 0.311. The average molecular weight is 746 g/mol. The Hall–Kier alpha value is 3.28. The number of rotatable bonds is 13. The highest BCUT2D eigenvalue weighted by atomic mass is 79.9. The monoisotopic (exact) mass is 740 g/mol.